The molecule has 2 N–H and O–H groups in total. The fourth-order valence-electron chi connectivity index (χ4n) is 4.29. The highest BCUT2D eigenvalue weighted by Gasteiger charge is 2.13. The number of aromatic nitrogens is 2. The summed E-state index contributed by atoms with van der Waals surface area (Å²) >= 11 is 0. The zero-order valence-electron chi connectivity index (χ0n) is 19.6. The molecule has 1 saturated heterocycles. The second kappa shape index (κ2) is 10.2. The lowest BCUT2D eigenvalue weighted by molar-refractivity contribution is 0.0342. The first-order chi connectivity index (χ1) is 17.1. The molecule has 8 nitrogen and oxygen atoms in total. The maximum atomic E-state index is 12.9. The van der Waals surface area contributed by atoms with Gasteiger partial charge in [0.1, 0.15) is 5.75 Å². The number of methoxy groups -OCH3 is 1. The monoisotopic (exact) mass is 472 g/mol. The summed E-state index contributed by atoms with van der Waals surface area (Å²) in [5.41, 5.74) is 4.53. The number of morpholine rings is 1. The van der Waals surface area contributed by atoms with Crippen LogP contribution in [-0.4, -0.2) is 53.8 Å². The number of anilines is 1. The average molecular weight is 473 g/mol. The lowest BCUT2D eigenvalue weighted by Gasteiger charge is -2.26. The van der Waals surface area contributed by atoms with Crippen LogP contribution in [0.2, 0.25) is 0 Å². The number of ether oxygens (including phenoxy) is 2. The number of nitrogens with one attached hydrogen (secondary N) is 2. The Morgan fingerprint density at radius 3 is 2.37 bits per heavy atom. The van der Waals surface area contributed by atoms with Crippen LogP contribution in [0.4, 0.5) is 5.69 Å². The molecule has 1 aliphatic heterocycles. The van der Waals surface area contributed by atoms with E-state index in [2.05, 4.69) is 15.2 Å². The Morgan fingerprint density at radius 1 is 0.971 bits per heavy atom. The van der Waals surface area contributed by atoms with Crippen LogP contribution in [0.1, 0.15) is 21.5 Å². The van der Waals surface area contributed by atoms with Crippen molar-refractivity contribution in [1.29, 1.82) is 0 Å². The molecule has 35 heavy (non-hydrogen) atoms. The third-order valence-electron chi connectivity index (χ3n) is 6.26. The fourth-order valence-corrected chi connectivity index (χ4v) is 4.29. The van der Waals surface area contributed by atoms with Gasteiger partial charge in [0.25, 0.3) is 5.91 Å². The van der Waals surface area contributed by atoms with Crippen LogP contribution in [-0.2, 0) is 17.8 Å². The number of rotatable bonds is 7. The van der Waals surface area contributed by atoms with Crippen LogP contribution in [0, 0.1) is 0 Å². The molecule has 3 aromatic carbocycles. The number of fused-ring (bicyclic) bond motifs is 1. The largest absolute Gasteiger partial charge is 0.497 e. The Kier molecular flexibility index (Phi) is 6.65. The lowest BCUT2D eigenvalue weighted by Crippen LogP contribution is -2.35. The summed E-state index contributed by atoms with van der Waals surface area (Å²) in [6.45, 7) is 4.71. The van der Waals surface area contributed by atoms with Crippen molar-refractivity contribution in [2.45, 2.75) is 13.1 Å². The highest BCUT2D eigenvalue weighted by atomic mass is 16.5. The van der Waals surface area contributed by atoms with E-state index in [1.165, 1.54) is 5.56 Å². The minimum Gasteiger partial charge on any atom is -0.497 e. The molecule has 8 heteroatoms. The normalized spacial score (nSPS) is 14.2. The van der Waals surface area contributed by atoms with Gasteiger partial charge in [0, 0.05) is 30.9 Å². The average Bonchev–Trinajstić information content (AvgIpc) is 3.20. The molecule has 1 fully saturated rings. The number of benzene rings is 3. The van der Waals surface area contributed by atoms with Crippen molar-refractivity contribution in [2.24, 2.45) is 0 Å². The Labute approximate surface area is 203 Å². The van der Waals surface area contributed by atoms with Crippen molar-refractivity contribution in [3.05, 3.63) is 93.9 Å². The van der Waals surface area contributed by atoms with Gasteiger partial charge in [-0.25, -0.2) is 4.79 Å². The second-order valence-corrected chi connectivity index (χ2v) is 8.64. The van der Waals surface area contributed by atoms with E-state index in [0.717, 1.165) is 55.4 Å². The number of aromatic amines is 1. The molecule has 0 unspecified atom stereocenters. The molecule has 2 heterocycles. The molecule has 0 atom stereocenters. The molecular formula is C27H28N4O4. The number of hydrogen-bond acceptors (Lipinski definition) is 5. The zero-order chi connectivity index (χ0) is 24.2. The first kappa shape index (κ1) is 22.9. The van der Waals surface area contributed by atoms with E-state index in [4.69, 9.17) is 9.47 Å². The molecule has 0 radical (unpaired) electrons. The van der Waals surface area contributed by atoms with Gasteiger partial charge in [-0.05, 0) is 53.6 Å². The second-order valence-electron chi connectivity index (χ2n) is 8.64. The van der Waals surface area contributed by atoms with E-state index < -0.39 is 0 Å². The van der Waals surface area contributed by atoms with Gasteiger partial charge in [-0.1, -0.05) is 24.3 Å². The summed E-state index contributed by atoms with van der Waals surface area (Å²) in [6, 6.07) is 20.7. The SMILES string of the molecule is COc1ccc(Cn2c(=O)[nH]c3cc(C(=O)Nc4ccc(CN5CCOCC5)cc4)ccc32)cc1. The van der Waals surface area contributed by atoms with Gasteiger partial charge in [-0.15, -0.1) is 0 Å². The Bertz CT molecular complexity index is 1370. The molecular weight excluding hydrogens is 444 g/mol. The van der Waals surface area contributed by atoms with Gasteiger partial charge in [0.15, 0.2) is 0 Å². The third-order valence-corrected chi connectivity index (χ3v) is 6.26. The Morgan fingerprint density at radius 2 is 1.66 bits per heavy atom. The van der Waals surface area contributed by atoms with Gasteiger partial charge in [0.2, 0.25) is 0 Å². The van der Waals surface area contributed by atoms with Crippen LogP contribution in [0.3, 0.4) is 0 Å². The first-order valence-electron chi connectivity index (χ1n) is 11.6. The number of imidazole rings is 1. The summed E-state index contributed by atoms with van der Waals surface area (Å²) in [6.07, 6.45) is 0. The highest BCUT2D eigenvalue weighted by Crippen LogP contribution is 2.18. The van der Waals surface area contributed by atoms with E-state index >= 15 is 0 Å². The van der Waals surface area contributed by atoms with Crippen molar-refractivity contribution in [3.8, 4) is 5.75 Å². The van der Waals surface area contributed by atoms with E-state index in [0.29, 0.717) is 17.6 Å². The summed E-state index contributed by atoms with van der Waals surface area (Å²) in [4.78, 5) is 30.7. The summed E-state index contributed by atoms with van der Waals surface area (Å²) in [5, 5.41) is 2.94. The predicted molar refractivity (Wildman–Crippen MR) is 135 cm³/mol. The smallest absolute Gasteiger partial charge is 0.326 e. The summed E-state index contributed by atoms with van der Waals surface area (Å²) < 4.78 is 12.3. The molecule has 1 aromatic heterocycles. The van der Waals surface area contributed by atoms with Crippen molar-refractivity contribution in [2.75, 3.05) is 38.7 Å². The number of H-pyrrole nitrogens is 1. The van der Waals surface area contributed by atoms with Crippen molar-refractivity contribution in [3.63, 3.8) is 0 Å². The van der Waals surface area contributed by atoms with Crippen LogP contribution in [0.15, 0.2) is 71.5 Å². The quantitative estimate of drug-likeness (QED) is 0.430. The standard InChI is InChI=1S/C27H28N4O4/c1-34-23-9-4-20(5-10-23)18-31-25-11-6-21(16-24(25)29-27(31)33)26(32)28-22-7-2-19(3-8-22)17-30-12-14-35-15-13-30/h2-11,16H,12-15,17-18H2,1H3,(H,28,32)(H,29,33). The van der Waals surface area contributed by atoms with Gasteiger partial charge < -0.3 is 19.8 Å². The highest BCUT2D eigenvalue weighted by molar-refractivity contribution is 6.05. The maximum absolute atomic E-state index is 12.9. The van der Waals surface area contributed by atoms with Gasteiger partial charge in [-0.2, -0.15) is 0 Å². The maximum Gasteiger partial charge on any atom is 0.326 e. The molecule has 0 aliphatic carbocycles. The molecule has 1 aliphatic rings. The molecule has 1 amide bonds. The lowest BCUT2D eigenvalue weighted by atomic mass is 10.1. The third kappa shape index (κ3) is 5.29. The van der Waals surface area contributed by atoms with E-state index in [1.807, 2.05) is 48.5 Å². The minimum absolute atomic E-state index is 0.218. The van der Waals surface area contributed by atoms with Crippen LogP contribution >= 0.6 is 0 Å². The van der Waals surface area contributed by atoms with Crippen LogP contribution in [0.5, 0.6) is 5.75 Å². The van der Waals surface area contributed by atoms with Crippen molar-refractivity contribution >= 4 is 22.6 Å². The number of carbonyl (C=O) groups is 1. The summed E-state index contributed by atoms with van der Waals surface area (Å²) in [5.74, 6) is 0.541. The van der Waals surface area contributed by atoms with Crippen LogP contribution in [0.25, 0.3) is 11.0 Å². The van der Waals surface area contributed by atoms with E-state index in [1.54, 1.807) is 29.9 Å². The zero-order valence-corrected chi connectivity index (χ0v) is 19.6. The number of hydrogen-bond donors (Lipinski definition) is 2. The van der Waals surface area contributed by atoms with Gasteiger partial charge in [0.05, 0.1) is 37.9 Å². The topological polar surface area (TPSA) is 88.6 Å². The predicted octanol–water partition coefficient (Wildman–Crippen LogP) is 3.47. The summed E-state index contributed by atoms with van der Waals surface area (Å²) in [7, 11) is 1.62. The van der Waals surface area contributed by atoms with E-state index in [9.17, 15) is 9.59 Å². The number of nitrogens with zero attached hydrogens (tertiary/aromatic N) is 2. The fraction of sp³-hybridized carbons (Fsp3) is 0.259. The molecule has 5 rings (SSSR count). The molecule has 0 bridgehead atoms. The van der Waals surface area contributed by atoms with Gasteiger partial charge >= 0.3 is 5.69 Å². The molecule has 180 valence electrons. The van der Waals surface area contributed by atoms with E-state index in [-0.39, 0.29) is 11.6 Å². The van der Waals surface area contributed by atoms with Crippen LogP contribution < -0.4 is 15.7 Å². The molecule has 0 spiro atoms. The Balaban J connectivity index is 1.27. The number of amides is 1. The minimum atomic E-state index is -0.225. The Hall–Kier alpha value is -3.88. The van der Waals surface area contributed by atoms with Gasteiger partial charge in [-0.3, -0.25) is 14.3 Å². The molecule has 4 aromatic rings. The first-order valence-corrected chi connectivity index (χ1v) is 11.6. The van der Waals surface area contributed by atoms with Crippen molar-refractivity contribution < 1.29 is 14.3 Å². The molecule has 0 saturated carbocycles. The van der Waals surface area contributed by atoms with Crippen molar-refractivity contribution in [1.82, 2.24) is 14.5 Å². The number of carbonyl (C=O) groups excluding carboxylic acids is 1.